The molecule has 100 valence electrons. The topological polar surface area (TPSA) is 94.9 Å². The second-order valence-corrected chi connectivity index (χ2v) is 4.40. The number of halogens is 1. The molecule has 8 heteroatoms. The van der Waals surface area contributed by atoms with Crippen LogP contribution in [0.1, 0.15) is 0 Å². The van der Waals surface area contributed by atoms with Crippen LogP contribution in [0.3, 0.4) is 0 Å². The summed E-state index contributed by atoms with van der Waals surface area (Å²) in [6.45, 7) is -0.189. The van der Waals surface area contributed by atoms with Crippen molar-refractivity contribution in [3.8, 4) is 0 Å². The molecule has 0 fully saturated rings. The van der Waals surface area contributed by atoms with Gasteiger partial charge in [0, 0.05) is 12.1 Å². The zero-order valence-corrected chi connectivity index (χ0v) is 10.9. The Kier molecular flexibility index (Phi) is 3.57. The average molecular weight is 282 g/mol. The Morgan fingerprint density at radius 1 is 1.53 bits per heavy atom. The van der Waals surface area contributed by atoms with Crippen LogP contribution in [0.25, 0.3) is 0 Å². The number of carbonyl (C=O) groups is 1. The van der Waals surface area contributed by atoms with Crippen molar-refractivity contribution in [1.29, 1.82) is 0 Å². The maximum absolute atomic E-state index is 11.8. The molecule has 0 aliphatic heterocycles. The molecule has 1 aromatic heterocycles. The SMILES string of the molecule is Cn1cnn(CC(=O)Nc2cc(Cl)ccc2N)c1=O. The summed E-state index contributed by atoms with van der Waals surface area (Å²) in [5.41, 5.74) is 6.14. The van der Waals surface area contributed by atoms with Crippen molar-refractivity contribution >= 4 is 28.9 Å². The fourth-order valence-electron chi connectivity index (χ4n) is 1.49. The molecule has 2 aromatic rings. The lowest BCUT2D eigenvalue weighted by molar-refractivity contribution is -0.117. The third-order valence-corrected chi connectivity index (χ3v) is 2.70. The molecule has 0 aliphatic rings. The molecular formula is C11H12ClN5O2. The Morgan fingerprint density at radius 2 is 2.26 bits per heavy atom. The van der Waals surface area contributed by atoms with Gasteiger partial charge < -0.3 is 11.1 Å². The number of hydrogen-bond acceptors (Lipinski definition) is 4. The fourth-order valence-corrected chi connectivity index (χ4v) is 1.66. The van der Waals surface area contributed by atoms with Gasteiger partial charge in [0.2, 0.25) is 5.91 Å². The number of carbonyl (C=O) groups excluding carboxylic acids is 1. The third-order valence-electron chi connectivity index (χ3n) is 2.47. The summed E-state index contributed by atoms with van der Waals surface area (Å²) in [5.74, 6) is -0.408. The lowest BCUT2D eigenvalue weighted by Crippen LogP contribution is -2.29. The van der Waals surface area contributed by atoms with Crippen LogP contribution in [-0.4, -0.2) is 20.3 Å². The molecule has 19 heavy (non-hydrogen) atoms. The number of aryl methyl sites for hydroxylation is 1. The predicted octanol–water partition coefficient (Wildman–Crippen LogP) is 0.456. The quantitative estimate of drug-likeness (QED) is 0.799. The maximum Gasteiger partial charge on any atom is 0.345 e. The minimum atomic E-state index is -0.408. The molecular weight excluding hydrogens is 270 g/mol. The van der Waals surface area contributed by atoms with Gasteiger partial charge in [0.05, 0.1) is 11.4 Å². The summed E-state index contributed by atoms with van der Waals surface area (Å²) in [6.07, 6.45) is 1.34. The molecule has 0 bridgehead atoms. The van der Waals surface area contributed by atoms with Crippen molar-refractivity contribution < 1.29 is 4.79 Å². The second-order valence-electron chi connectivity index (χ2n) is 3.96. The van der Waals surface area contributed by atoms with Crippen molar-refractivity contribution in [3.05, 3.63) is 40.0 Å². The first-order valence-corrected chi connectivity index (χ1v) is 5.78. The predicted molar refractivity (Wildman–Crippen MR) is 72.0 cm³/mol. The Hall–Kier alpha value is -2.28. The van der Waals surface area contributed by atoms with Crippen LogP contribution >= 0.6 is 11.6 Å². The van der Waals surface area contributed by atoms with Gasteiger partial charge in [-0.3, -0.25) is 9.36 Å². The van der Waals surface area contributed by atoms with Gasteiger partial charge in [-0.1, -0.05) is 11.6 Å². The number of aromatic nitrogens is 3. The standard InChI is InChI=1S/C11H12ClN5O2/c1-16-6-14-17(11(16)19)5-10(18)15-9-4-7(12)2-3-8(9)13/h2-4,6H,5,13H2,1H3,(H,15,18). The minimum absolute atomic E-state index is 0.189. The first kappa shape index (κ1) is 13.2. The van der Waals surface area contributed by atoms with Gasteiger partial charge in [0.15, 0.2) is 0 Å². The van der Waals surface area contributed by atoms with E-state index >= 15 is 0 Å². The molecule has 0 saturated heterocycles. The van der Waals surface area contributed by atoms with Gasteiger partial charge in [-0.05, 0) is 18.2 Å². The highest BCUT2D eigenvalue weighted by atomic mass is 35.5. The van der Waals surface area contributed by atoms with Gasteiger partial charge in [0.1, 0.15) is 12.9 Å². The van der Waals surface area contributed by atoms with E-state index in [1.165, 1.54) is 17.0 Å². The van der Waals surface area contributed by atoms with Crippen LogP contribution in [-0.2, 0) is 18.4 Å². The zero-order valence-electron chi connectivity index (χ0n) is 10.1. The van der Waals surface area contributed by atoms with Gasteiger partial charge in [-0.2, -0.15) is 5.10 Å². The molecule has 1 amide bonds. The van der Waals surface area contributed by atoms with E-state index in [-0.39, 0.29) is 12.2 Å². The lowest BCUT2D eigenvalue weighted by atomic mass is 10.2. The van der Waals surface area contributed by atoms with E-state index in [4.69, 9.17) is 17.3 Å². The number of hydrogen-bond donors (Lipinski definition) is 2. The number of nitrogens with one attached hydrogen (secondary N) is 1. The average Bonchev–Trinajstić information content (AvgIpc) is 2.66. The number of rotatable bonds is 3. The molecule has 0 aliphatic carbocycles. The van der Waals surface area contributed by atoms with Gasteiger partial charge >= 0.3 is 5.69 Å². The first-order valence-electron chi connectivity index (χ1n) is 5.40. The largest absolute Gasteiger partial charge is 0.397 e. The van der Waals surface area contributed by atoms with Crippen molar-refractivity contribution in [1.82, 2.24) is 14.3 Å². The number of nitrogens with zero attached hydrogens (tertiary/aromatic N) is 3. The van der Waals surface area contributed by atoms with Crippen LogP contribution in [0.2, 0.25) is 5.02 Å². The van der Waals surface area contributed by atoms with Crippen LogP contribution in [0.5, 0.6) is 0 Å². The van der Waals surface area contributed by atoms with Crippen molar-refractivity contribution in [2.24, 2.45) is 7.05 Å². The highest BCUT2D eigenvalue weighted by Crippen LogP contribution is 2.22. The molecule has 1 heterocycles. The van der Waals surface area contributed by atoms with E-state index in [1.54, 1.807) is 19.2 Å². The molecule has 3 N–H and O–H groups in total. The molecule has 0 radical (unpaired) electrons. The molecule has 0 unspecified atom stereocenters. The van der Waals surface area contributed by atoms with Crippen LogP contribution in [0.4, 0.5) is 11.4 Å². The molecule has 0 saturated carbocycles. The van der Waals surface area contributed by atoms with Gasteiger partial charge in [-0.25, -0.2) is 9.48 Å². The fraction of sp³-hybridized carbons (Fsp3) is 0.182. The van der Waals surface area contributed by atoms with Crippen molar-refractivity contribution in [2.75, 3.05) is 11.1 Å². The summed E-state index contributed by atoms with van der Waals surface area (Å²) in [5, 5.41) is 6.82. The van der Waals surface area contributed by atoms with Crippen LogP contribution < -0.4 is 16.7 Å². The van der Waals surface area contributed by atoms with E-state index in [2.05, 4.69) is 10.4 Å². The maximum atomic E-state index is 11.8. The monoisotopic (exact) mass is 281 g/mol. The zero-order chi connectivity index (χ0) is 14.0. The Labute approximate surface area is 113 Å². The van der Waals surface area contributed by atoms with Crippen molar-refractivity contribution in [2.45, 2.75) is 6.54 Å². The summed E-state index contributed by atoms with van der Waals surface area (Å²) in [4.78, 5) is 23.3. The molecule has 0 atom stereocenters. The Balaban J connectivity index is 2.12. The summed E-state index contributed by atoms with van der Waals surface area (Å²) >= 11 is 5.81. The van der Waals surface area contributed by atoms with Gasteiger partial charge in [0.25, 0.3) is 0 Å². The molecule has 2 rings (SSSR count). The highest BCUT2D eigenvalue weighted by molar-refractivity contribution is 6.31. The Bertz CT molecular complexity index is 676. The summed E-state index contributed by atoms with van der Waals surface area (Å²) in [7, 11) is 1.55. The summed E-state index contributed by atoms with van der Waals surface area (Å²) in [6, 6.07) is 4.75. The van der Waals surface area contributed by atoms with Crippen LogP contribution in [0, 0.1) is 0 Å². The highest BCUT2D eigenvalue weighted by Gasteiger charge is 2.10. The van der Waals surface area contributed by atoms with E-state index in [1.807, 2.05) is 0 Å². The second kappa shape index (κ2) is 5.15. The Morgan fingerprint density at radius 3 is 2.89 bits per heavy atom. The third kappa shape index (κ3) is 2.94. The van der Waals surface area contributed by atoms with E-state index in [9.17, 15) is 9.59 Å². The number of amides is 1. The van der Waals surface area contributed by atoms with E-state index in [0.29, 0.717) is 16.4 Å². The molecule has 1 aromatic carbocycles. The minimum Gasteiger partial charge on any atom is -0.397 e. The number of benzene rings is 1. The number of nitrogen functional groups attached to an aromatic ring is 1. The molecule has 0 spiro atoms. The van der Waals surface area contributed by atoms with Gasteiger partial charge in [-0.15, -0.1) is 0 Å². The molecule has 7 nitrogen and oxygen atoms in total. The van der Waals surface area contributed by atoms with Crippen molar-refractivity contribution in [3.63, 3.8) is 0 Å². The number of nitrogens with two attached hydrogens (primary N) is 1. The normalized spacial score (nSPS) is 10.4. The van der Waals surface area contributed by atoms with E-state index < -0.39 is 5.91 Å². The smallest absolute Gasteiger partial charge is 0.345 e. The summed E-state index contributed by atoms with van der Waals surface area (Å²) < 4.78 is 2.33. The number of anilines is 2. The van der Waals surface area contributed by atoms with Crippen LogP contribution in [0.15, 0.2) is 29.3 Å². The lowest BCUT2D eigenvalue weighted by Gasteiger charge is -2.08. The first-order chi connectivity index (χ1) is 8.97. The van der Waals surface area contributed by atoms with E-state index in [0.717, 1.165) is 4.68 Å².